The van der Waals surface area contributed by atoms with Crippen LogP contribution in [0.25, 0.3) is 0 Å². The SMILES string of the molecule is CCC(C)CCCC(CCCCC(C)(C)CC)C(C)C. The second-order valence-electron chi connectivity index (χ2n) is 8.21. The molecule has 2 unspecified atom stereocenters. The predicted octanol–water partition coefficient (Wildman–Crippen LogP) is 7.47. The molecule has 0 N–H and O–H groups in total. The van der Waals surface area contributed by atoms with Crippen molar-refractivity contribution in [2.45, 2.75) is 106 Å². The zero-order chi connectivity index (χ0) is 15.6. The van der Waals surface area contributed by atoms with Gasteiger partial charge in [-0.25, -0.2) is 0 Å². The zero-order valence-corrected chi connectivity index (χ0v) is 15.6. The van der Waals surface area contributed by atoms with Gasteiger partial charge in [0.2, 0.25) is 0 Å². The normalized spacial score (nSPS) is 15.6. The fourth-order valence-electron chi connectivity index (χ4n) is 2.93. The summed E-state index contributed by atoms with van der Waals surface area (Å²) in [5.41, 5.74) is 0.559. The third-order valence-corrected chi connectivity index (χ3v) is 5.55. The lowest BCUT2D eigenvalue weighted by Crippen LogP contribution is -2.12. The fraction of sp³-hybridized carbons (Fsp3) is 1.00. The van der Waals surface area contributed by atoms with Gasteiger partial charge in [0.05, 0.1) is 0 Å². The van der Waals surface area contributed by atoms with Crippen LogP contribution < -0.4 is 0 Å². The van der Waals surface area contributed by atoms with Crippen molar-refractivity contribution in [2.24, 2.45) is 23.2 Å². The average Bonchev–Trinajstić information content (AvgIpc) is 2.40. The van der Waals surface area contributed by atoms with Gasteiger partial charge in [-0.1, -0.05) is 99.8 Å². The van der Waals surface area contributed by atoms with Crippen molar-refractivity contribution >= 4 is 0 Å². The molecule has 0 spiro atoms. The summed E-state index contributed by atoms with van der Waals surface area (Å²) in [5, 5.41) is 0. The van der Waals surface area contributed by atoms with E-state index < -0.39 is 0 Å². The van der Waals surface area contributed by atoms with Gasteiger partial charge in [0.15, 0.2) is 0 Å². The molecule has 0 aromatic rings. The Morgan fingerprint density at radius 3 is 1.90 bits per heavy atom. The highest BCUT2D eigenvalue weighted by Crippen LogP contribution is 2.30. The monoisotopic (exact) mass is 282 g/mol. The average molecular weight is 283 g/mol. The van der Waals surface area contributed by atoms with Crippen molar-refractivity contribution in [3.05, 3.63) is 0 Å². The Bertz CT molecular complexity index is 214. The molecule has 0 bridgehead atoms. The van der Waals surface area contributed by atoms with Crippen LogP contribution in [0.2, 0.25) is 0 Å². The smallest absolute Gasteiger partial charge is 0.0357 e. The predicted molar refractivity (Wildman–Crippen MR) is 94.2 cm³/mol. The first-order valence-corrected chi connectivity index (χ1v) is 9.32. The molecule has 0 heterocycles. The molecule has 0 saturated heterocycles. The summed E-state index contributed by atoms with van der Waals surface area (Å²) in [6.07, 6.45) is 12.7. The Morgan fingerprint density at radius 2 is 1.40 bits per heavy atom. The second-order valence-corrected chi connectivity index (χ2v) is 8.21. The Labute approximate surface area is 130 Å². The third kappa shape index (κ3) is 9.83. The lowest BCUT2D eigenvalue weighted by atomic mass is 9.81. The highest BCUT2D eigenvalue weighted by Gasteiger charge is 2.16. The van der Waals surface area contributed by atoms with E-state index in [1.165, 1.54) is 57.8 Å². The highest BCUT2D eigenvalue weighted by atomic mass is 14.2. The maximum Gasteiger partial charge on any atom is -0.0357 e. The van der Waals surface area contributed by atoms with Gasteiger partial charge in [-0.2, -0.15) is 0 Å². The molecule has 20 heavy (non-hydrogen) atoms. The van der Waals surface area contributed by atoms with Crippen LogP contribution in [0.15, 0.2) is 0 Å². The number of unbranched alkanes of at least 4 members (excludes halogenated alkanes) is 1. The van der Waals surface area contributed by atoms with Crippen LogP contribution in [0, 0.1) is 23.2 Å². The summed E-state index contributed by atoms with van der Waals surface area (Å²) >= 11 is 0. The number of hydrogen-bond acceptors (Lipinski definition) is 0. The zero-order valence-electron chi connectivity index (χ0n) is 15.6. The summed E-state index contributed by atoms with van der Waals surface area (Å²) in [7, 11) is 0. The van der Waals surface area contributed by atoms with E-state index >= 15 is 0 Å². The van der Waals surface area contributed by atoms with Crippen LogP contribution in [0.3, 0.4) is 0 Å². The van der Waals surface area contributed by atoms with Gasteiger partial charge in [-0.05, 0) is 29.6 Å². The third-order valence-electron chi connectivity index (χ3n) is 5.55. The minimum atomic E-state index is 0.559. The number of rotatable bonds is 12. The van der Waals surface area contributed by atoms with Gasteiger partial charge in [0.25, 0.3) is 0 Å². The van der Waals surface area contributed by atoms with Crippen molar-refractivity contribution in [3.8, 4) is 0 Å². The molecule has 2 atom stereocenters. The summed E-state index contributed by atoms with van der Waals surface area (Å²) in [5.74, 6) is 2.75. The summed E-state index contributed by atoms with van der Waals surface area (Å²) < 4.78 is 0. The molecule has 122 valence electrons. The Hall–Kier alpha value is 0. The minimum Gasteiger partial charge on any atom is -0.0651 e. The van der Waals surface area contributed by atoms with E-state index in [4.69, 9.17) is 0 Å². The van der Waals surface area contributed by atoms with Crippen molar-refractivity contribution in [1.82, 2.24) is 0 Å². The van der Waals surface area contributed by atoms with Crippen LogP contribution in [0.5, 0.6) is 0 Å². The molecule has 0 aliphatic heterocycles. The summed E-state index contributed by atoms with van der Waals surface area (Å²) in [4.78, 5) is 0. The topological polar surface area (TPSA) is 0 Å². The van der Waals surface area contributed by atoms with E-state index in [0.717, 1.165) is 17.8 Å². The van der Waals surface area contributed by atoms with E-state index in [9.17, 15) is 0 Å². The molecule has 0 aromatic heterocycles. The van der Waals surface area contributed by atoms with E-state index in [0.29, 0.717) is 5.41 Å². The quantitative estimate of drug-likeness (QED) is 0.326. The van der Waals surface area contributed by atoms with Crippen molar-refractivity contribution in [1.29, 1.82) is 0 Å². The van der Waals surface area contributed by atoms with Gasteiger partial charge in [0.1, 0.15) is 0 Å². The molecule has 0 aromatic carbocycles. The van der Waals surface area contributed by atoms with Gasteiger partial charge < -0.3 is 0 Å². The number of hydrogen-bond donors (Lipinski definition) is 0. The molecule has 0 aliphatic carbocycles. The van der Waals surface area contributed by atoms with E-state index in [1.807, 2.05) is 0 Å². The van der Waals surface area contributed by atoms with Crippen molar-refractivity contribution < 1.29 is 0 Å². The van der Waals surface area contributed by atoms with Gasteiger partial charge in [-0.15, -0.1) is 0 Å². The van der Waals surface area contributed by atoms with Gasteiger partial charge in [0, 0.05) is 0 Å². The van der Waals surface area contributed by atoms with Crippen LogP contribution in [-0.4, -0.2) is 0 Å². The molecule has 0 radical (unpaired) electrons. The molecule has 0 aliphatic rings. The molecular formula is C20H42. The van der Waals surface area contributed by atoms with Gasteiger partial charge >= 0.3 is 0 Å². The van der Waals surface area contributed by atoms with E-state index in [-0.39, 0.29) is 0 Å². The Kier molecular flexibility index (Phi) is 10.7. The van der Waals surface area contributed by atoms with Crippen LogP contribution in [0.4, 0.5) is 0 Å². The van der Waals surface area contributed by atoms with E-state index in [2.05, 4.69) is 48.5 Å². The molecular weight excluding hydrogens is 240 g/mol. The minimum absolute atomic E-state index is 0.559. The Balaban J connectivity index is 3.86. The standard InChI is InChI=1S/C20H42/c1-8-18(5)13-12-15-19(17(3)4)14-10-11-16-20(6,7)9-2/h17-19H,8-16H2,1-7H3. The van der Waals surface area contributed by atoms with E-state index in [1.54, 1.807) is 0 Å². The maximum atomic E-state index is 2.42. The van der Waals surface area contributed by atoms with Crippen LogP contribution in [-0.2, 0) is 0 Å². The second kappa shape index (κ2) is 10.7. The van der Waals surface area contributed by atoms with Gasteiger partial charge in [-0.3, -0.25) is 0 Å². The van der Waals surface area contributed by atoms with Crippen LogP contribution >= 0.6 is 0 Å². The first kappa shape index (κ1) is 20.0. The Morgan fingerprint density at radius 1 is 0.800 bits per heavy atom. The first-order valence-electron chi connectivity index (χ1n) is 9.32. The summed E-state index contributed by atoms with van der Waals surface area (Å²) in [6, 6.07) is 0. The summed E-state index contributed by atoms with van der Waals surface area (Å²) in [6.45, 7) is 16.7. The molecule has 0 saturated carbocycles. The molecule has 0 amide bonds. The molecule has 0 nitrogen and oxygen atoms in total. The fourth-order valence-corrected chi connectivity index (χ4v) is 2.93. The van der Waals surface area contributed by atoms with Crippen LogP contribution in [0.1, 0.15) is 106 Å². The highest BCUT2D eigenvalue weighted by molar-refractivity contribution is 4.69. The van der Waals surface area contributed by atoms with Crippen molar-refractivity contribution in [3.63, 3.8) is 0 Å². The maximum absolute atomic E-state index is 2.42. The lowest BCUT2D eigenvalue weighted by Gasteiger charge is -2.24. The first-order chi connectivity index (χ1) is 9.32. The molecule has 0 rings (SSSR count). The lowest BCUT2D eigenvalue weighted by molar-refractivity contribution is 0.277. The molecule has 0 fully saturated rings. The largest absolute Gasteiger partial charge is 0.0651 e. The van der Waals surface area contributed by atoms with Crippen molar-refractivity contribution in [2.75, 3.05) is 0 Å². The molecule has 0 heteroatoms.